The van der Waals surface area contributed by atoms with Gasteiger partial charge in [-0.15, -0.1) is 0 Å². The number of carbonyl (C=O) groups is 2. The summed E-state index contributed by atoms with van der Waals surface area (Å²) in [6, 6.07) is 12.1. The van der Waals surface area contributed by atoms with Crippen molar-refractivity contribution in [3.05, 3.63) is 59.7 Å². The van der Waals surface area contributed by atoms with E-state index >= 15 is 0 Å². The van der Waals surface area contributed by atoms with E-state index in [9.17, 15) is 18.0 Å². The van der Waals surface area contributed by atoms with E-state index in [4.69, 9.17) is 4.74 Å². The van der Waals surface area contributed by atoms with Crippen molar-refractivity contribution in [2.24, 2.45) is 0 Å². The highest BCUT2D eigenvalue weighted by molar-refractivity contribution is 7.89. The second-order valence-corrected chi connectivity index (χ2v) is 7.63. The third-order valence-corrected chi connectivity index (χ3v) is 5.40. The van der Waals surface area contributed by atoms with Crippen LogP contribution in [0.25, 0.3) is 0 Å². The number of nitrogens with one attached hydrogen (secondary N) is 2. The molecular weight excluding hydrogens is 356 g/mol. The van der Waals surface area contributed by atoms with Gasteiger partial charge < -0.3 is 10.1 Å². The van der Waals surface area contributed by atoms with Crippen LogP contribution in [-0.2, 0) is 14.8 Å². The Kier molecular flexibility index (Phi) is 5.06. The number of hydrogen-bond acceptors (Lipinski definition) is 5. The molecule has 1 fully saturated rings. The lowest BCUT2D eigenvalue weighted by Crippen LogP contribution is -2.26. The van der Waals surface area contributed by atoms with E-state index in [0.717, 1.165) is 12.8 Å². The van der Waals surface area contributed by atoms with E-state index < -0.39 is 21.9 Å². The molecule has 1 aliphatic carbocycles. The molecular formula is C18H18N2O5S. The van der Waals surface area contributed by atoms with Gasteiger partial charge in [-0.25, -0.2) is 17.9 Å². The van der Waals surface area contributed by atoms with Gasteiger partial charge in [0.25, 0.3) is 5.91 Å². The summed E-state index contributed by atoms with van der Waals surface area (Å²) in [6.07, 6.45) is 1.65. The first-order chi connectivity index (χ1) is 12.4. The molecule has 0 bridgehead atoms. The van der Waals surface area contributed by atoms with Gasteiger partial charge >= 0.3 is 5.97 Å². The number of para-hydroxylation sites is 1. The molecule has 1 amide bonds. The summed E-state index contributed by atoms with van der Waals surface area (Å²) in [6.45, 7) is 0. The zero-order valence-corrected chi connectivity index (χ0v) is 14.9. The largest absolute Gasteiger partial charge is 0.465 e. The molecule has 0 heterocycles. The fourth-order valence-corrected chi connectivity index (χ4v) is 3.72. The molecule has 0 unspecified atom stereocenters. The second kappa shape index (κ2) is 7.27. The Labute approximate surface area is 151 Å². The van der Waals surface area contributed by atoms with Gasteiger partial charge in [-0.3, -0.25) is 4.79 Å². The highest BCUT2D eigenvalue weighted by Crippen LogP contribution is 2.23. The van der Waals surface area contributed by atoms with Crippen molar-refractivity contribution < 1.29 is 22.7 Å². The van der Waals surface area contributed by atoms with Gasteiger partial charge in [-0.2, -0.15) is 0 Å². The van der Waals surface area contributed by atoms with E-state index in [1.54, 1.807) is 18.2 Å². The quantitative estimate of drug-likeness (QED) is 0.755. The van der Waals surface area contributed by atoms with Crippen molar-refractivity contribution in [1.29, 1.82) is 0 Å². The van der Waals surface area contributed by atoms with Crippen LogP contribution >= 0.6 is 0 Å². The number of sulfonamides is 1. The van der Waals surface area contributed by atoms with Crippen molar-refractivity contribution >= 4 is 27.6 Å². The van der Waals surface area contributed by atoms with Crippen LogP contribution < -0.4 is 10.0 Å². The minimum absolute atomic E-state index is 0.0237. The summed E-state index contributed by atoms with van der Waals surface area (Å²) < 4.78 is 31.9. The SMILES string of the molecule is COC(=O)c1ccccc1NC(=O)c1cccc(S(=O)(=O)NC2CC2)c1. The Morgan fingerprint density at radius 3 is 2.50 bits per heavy atom. The molecule has 0 aromatic heterocycles. The summed E-state index contributed by atoms with van der Waals surface area (Å²) in [7, 11) is -2.40. The highest BCUT2D eigenvalue weighted by Gasteiger charge is 2.28. The molecule has 0 atom stereocenters. The number of ether oxygens (including phenoxy) is 1. The molecule has 0 aliphatic heterocycles. The van der Waals surface area contributed by atoms with Crippen LogP contribution in [0, 0.1) is 0 Å². The van der Waals surface area contributed by atoms with Crippen LogP contribution in [0.3, 0.4) is 0 Å². The maximum absolute atomic E-state index is 12.5. The van der Waals surface area contributed by atoms with Crippen molar-refractivity contribution in [2.45, 2.75) is 23.8 Å². The lowest BCUT2D eigenvalue weighted by molar-refractivity contribution is 0.0602. The van der Waals surface area contributed by atoms with Crippen LogP contribution in [-0.4, -0.2) is 33.4 Å². The molecule has 7 nitrogen and oxygen atoms in total. The first-order valence-electron chi connectivity index (χ1n) is 8.02. The summed E-state index contributed by atoms with van der Waals surface area (Å²) in [5.41, 5.74) is 0.666. The summed E-state index contributed by atoms with van der Waals surface area (Å²) in [5.74, 6) is -1.10. The predicted molar refractivity (Wildman–Crippen MR) is 95.5 cm³/mol. The Hall–Kier alpha value is -2.71. The number of esters is 1. The first kappa shape index (κ1) is 18.1. The van der Waals surface area contributed by atoms with E-state index in [0.29, 0.717) is 0 Å². The van der Waals surface area contributed by atoms with Crippen LogP contribution in [0.1, 0.15) is 33.6 Å². The maximum Gasteiger partial charge on any atom is 0.339 e. The Balaban J connectivity index is 1.83. The normalized spacial score (nSPS) is 13.9. The Morgan fingerprint density at radius 1 is 1.08 bits per heavy atom. The molecule has 3 rings (SSSR count). The predicted octanol–water partition coefficient (Wildman–Crippen LogP) is 2.17. The third kappa shape index (κ3) is 4.09. The lowest BCUT2D eigenvalue weighted by Gasteiger charge is -2.11. The molecule has 0 saturated heterocycles. The van der Waals surface area contributed by atoms with Gasteiger partial charge in [0.2, 0.25) is 10.0 Å². The number of hydrogen-bond donors (Lipinski definition) is 2. The van der Waals surface area contributed by atoms with E-state index in [1.807, 2.05) is 0 Å². The van der Waals surface area contributed by atoms with Gasteiger partial charge in [-0.05, 0) is 43.2 Å². The van der Waals surface area contributed by atoms with Crippen LogP contribution in [0.2, 0.25) is 0 Å². The Morgan fingerprint density at radius 2 is 1.81 bits per heavy atom. The standard InChI is InChI=1S/C18H18N2O5S/c1-25-18(22)15-7-2-3-8-16(15)19-17(21)12-5-4-6-14(11-12)26(23,24)20-13-9-10-13/h2-8,11,13,20H,9-10H2,1H3,(H,19,21). The molecule has 0 spiro atoms. The highest BCUT2D eigenvalue weighted by atomic mass is 32.2. The maximum atomic E-state index is 12.5. The fraction of sp³-hybridized carbons (Fsp3) is 0.222. The third-order valence-electron chi connectivity index (χ3n) is 3.89. The molecule has 26 heavy (non-hydrogen) atoms. The molecule has 1 aliphatic rings. The van der Waals surface area contributed by atoms with E-state index in [1.165, 1.54) is 37.4 Å². The minimum atomic E-state index is -3.66. The smallest absolute Gasteiger partial charge is 0.339 e. The molecule has 2 aromatic rings. The Bertz CT molecular complexity index is 952. The molecule has 2 N–H and O–H groups in total. The van der Waals surface area contributed by atoms with E-state index in [-0.39, 0.29) is 27.8 Å². The molecule has 1 saturated carbocycles. The molecule has 2 aromatic carbocycles. The molecule has 0 radical (unpaired) electrons. The monoisotopic (exact) mass is 374 g/mol. The van der Waals surface area contributed by atoms with Gasteiger partial charge in [-0.1, -0.05) is 18.2 Å². The zero-order chi connectivity index (χ0) is 18.7. The topological polar surface area (TPSA) is 102 Å². The molecule has 8 heteroatoms. The number of anilines is 1. The zero-order valence-electron chi connectivity index (χ0n) is 14.1. The minimum Gasteiger partial charge on any atom is -0.465 e. The number of benzene rings is 2. The van der Waals surface area contributed by atoms with Crippen LogP contribution in [0.5, 0.6) is 0 Å². The van der Waals surface area contributed by atoms with Gasteiger partial charge in [0.05, 0.1) is 23.3 Å². The van der Waals surface area contributed by atoms with Crippen molar-refractivity contribution in [3.63, 3.8) is 0 Å². The second-order valence-electron chi connectivity index (χ2n) is 5.91. The number of rotatable bonds is 6. The summed E-state index contributed by atoms with van der Waals surface area (Å²) in [5, 5.41) is 2.62. The van der Waals surface area contributed by atoms with Crippen molar-refractivity contribution in [1.82, 2.24) is 4.72 Å². The fourth-order valence-electron chi connectivity index (χ4n) is 2.37. The summed E-state index contributed by atoms with van der Waals surface area (Å²) in [4.78, 5) is 24.3. The lowest BCUT2D eigenvalue weighted by atomic mass is 10.1. The average Bonchev–Trinajstić information content (AvgIpc) is 3.45. The van der Waals surface area contributed by atoms with Gasteiger partial charge in [0, 0.05) is 11.6 Å². The number of methoxy groups -OCH3 is 1. The van der Waals surface area contributed by atoms with Crippen LogP contribution in [0.15, 0.2) is 53.4 Å². The average molecular weight is 374 g/mol. The van der Waals surface area contributed by atoms with Crippen molar-refractivity contribution in [2.75, 3.05) is 12.4 Å². The number of carbonyl (C=O) groups excluding carboxylic acids is 2. The van der Waals surface area contributed by atoms with Crippen LogP contribution in [0.4, 0.5) is 5.69 Å². The van der Waals surface area contributed by atoms with Gasteiger partial charge in [0.15, 0.2) is 0 Å². The van der Waals surface area contributed by atoms with E-state index in [2.05, 4.69) is 10.0 Å². The van der Waals surface area contributed by atoms with Gasteiger partial charge in [0.1, 0.15) is 0 Å². The first-order valence-corrected chi connectivity index (χ1v) is 9.50. The van der Waals surface area contributed by atoms with Crippen molar-refractivity contribution in [3.8, 4) is 0 Å². The summed E-state index contributed by atoms with van der Waals surface area (Å²) >= 11 is 0. The number of amides is 1. The molecule has 136 valence electrons.